The molecule has 5 heteroatoms. The number of nitrogens with zero attached hydrogens (tertiary/aromatic N) is 1. The fourth-order valence-corrected chi connectivity index (χ4v) is 2.21. The van der Waals surface area contributed by atoms with Gasteiger partial charge in [-0.2, -0.15) is 0 Å². The molecule has 1 heterocycles. The molecular formula is C12H20Cl2N2O. The van der Waals surface area contributed by atoms with Gasteiger partial charge in [-0.25, -0.2) is 0 Å². The Labute approximate surface area is 115 Å². The van der Waals surface area contributed by atoms with E-state index in [0.29, 0.717) is 12.6 Å². The highest BCUT2D eigenvalue weighted by atomic mass is 35.5. The zero-order chi connectivity index (χ0) is 10.7. The molecular weight excluding hydrogens is 259 g/mol. The van der Waals surface area contributed by atoms with Crippen LogP contribution in [0.5, 0.6) is 0 Å². The molecule has 1 aromatic rings. The Morgan fingerprint density at radius 3 is 2.47 bits per heavy atom. The molecule has 1 aromatic carbocycles. The SMILES string of the molecule is Cl.Cl.NC[C@H]1C[C@H](O)CN1Cc1ccccc1. The minimum atomic E-state index is -0.206. The predicted octanol–water partition coefficient (Wildman–Crippen LogP) is 1.42. The van der Waals surface area contributed by atoms with Crippen molar-refractivity contribution >= 4 is 24.8 Å². The average molecular weight is 279 g/mol. The standard InChI is InChI=1S/C12H18N2O.2ClH/c13-7-11-6-12(15)9-14(11)8-10-4-2-1-3-5-10;;/h1-5,11-12,15H,6-9,13H2;2*1H/t11-,12+;;/m1../s1. The quantitative estimate of drug-likeness (QED) is 0.880. The summed E-state index contributed by atoms with van der Waals surface area (Å²) in [7, 11) is 0. The van der Waals surface area contributed by atoms with Crippen molar-refractivity contribution in [2.45, 2.75) is 25.1 Å². The summed E-state index contributed by atoms with van der Waals surface area (Å²) in [5.41, 5.74) is 6.97. The van der Waals surface area contributed by atoms with Gasteiger partial charge in [0, 0.05) is 25.7 Å². The maximum atomic E-state index is 9.58. The molecule has 1 fully saturated rings. The van der Waals surface area contributed by atoms with E-state index in [9.17, 15) is 5.11 Å². The second-order valence-corrected chi connectivity index (χ2v) is 4.19. The summed E-state index contributed by atoms with van der Waals surface area (Å²) in [5.74, 6) is 0. The average Bonchev–Trinajstić information content (AvgIpc) is 2.60. The summed E-state index contributed by atoms with van der Waals surface area (Å²) in [4.78, 5) is 2.26. The molecule has 3 nitrogen and oxygen atoms in total. The van der Waals surface area contributed by atoms with Crippen LogP contribution in [0.4, 0.5) is 0 Å². The zero-order valence-electron chi connectivity index (χ0n) is 9.66. The molecule has 98 valence electrons. The van der Waals surface area contributed by atoms with Crippen LogP contribution in [0.15, 0.2) is 30.3 Å². The molecule has 0 saturated carbocycles. The number of benzene rings is 1. The molecule has 0 amide bonds. The number of aliphatic hydroxyl groups is 1. The van der Waals surface area contributed by atoms with Crippen molar-refractivity contribution in [3.63, 3.8) is 0 Å². The van der Waals surface area contributed by atoms with Crippen LogP contribution >= 0.6 is 24.8 Å². The molecule has 0 spiro atoms. The maximum Gasteiger partial charge on any atom is 0.0682 e. The Balaban J connectivity index is 0.00000128. The molecule has 1 aliphatic rings. The first-order valence-electron chi connectivity index (χ1n) is 5.45. The van der Waals surface area contributed by atoms with Gasteiger partial charge in [0.05, 0.1) is 6.10 Å². The van der Waals surface area contributed by atoms with E-state index in [2.05, 4.69) is 17.0 Å². The Kier molecular flexibility index (Phi) is 7.75. The number of nitrogens with two attached hydrogens (primary N) is 1. The van der Waals surface area contributed by atoms with Gasteiger partial charge in [-0.15, -0.1) is 24.8 Å². The molecule has 0 aromatic heterocycles. The molecule has 2 rings (SSSR count). The van der Waals surface area contributed by atoms with Gasteiger partial charge in [-0.05, 0) is 12.0 Å². The molecule has 1 aliphatic heterocycles. The van der Waals surface area contributed by atoms with Gasteiger partial charge in [0.2, 0.25) is 0 Å². The number of halogens is 2. The van der Waals surface area contributed by atoms with Crippen molar-refractivity contribution in [3.8, 4) is 0 Å². The molecule has 0 aliphatic carbocycles. The number of hydrogen-bond acceptors (Lipinski definition) is 3. The Bertz CT molecular complexity index is 311. The highest BCUT2D eigenvalue weighted by molar-refractivity contribution is 5.85. The third-order valence-corrected chi connectivity index (χ3v) is 3.01. The van der Waals surface area contributed by atoms with Crippen LogP contribution in [0.2, 0.25) is 0 Å². The predicted molar refractivity (Wildman–Crippen MR) is 74.8 cm³/mol. The second kappa shape index (κ2) is 7.90. The van der Waals surface area contributed by atoms with Gasteiger partial charge in [0.25, 0.3) is 0 Å². The summed E-state index contributed by atoms with van der Waals surface area (Å²) in [5, 5.41) is 9.58. The van der Waals surface area contributed by atoms with Crippen molar-refractivity contribution in [1.82, 2.24) is 4.90 Å². The molecule has 2 atom stereocenters. The van der Waals surface area contributed by atoms with Gasteiger partial charge in [-0.1, -0.05) is 30.3 Å². The smallest absolute Gasteiger partial charge is 0.0682 e. The number of aliphatic hydroxyl groups excluding tert-OH is 1. The van der Waals surface area contributed by atoms with E-state index in [1.54, 1.807) is 0 Å². The summed E-state index contributed by atoms with van der Waals surface area (Å²) in [6.07, 6.45) is 0.603. The van der Waals surface area contributed by atoms with Crippen LogP contribution in [0.1, 0.15) is 12.0 Å². The number of likely N-dealkylation sites (tertiary alicyclic amines) is 1. The first-order chi connectivity index (χ1) is 7.29. The van der Waals surface area contributed by atoms with Gasteiger partial charge in [-0.3, -0.25) is 4.90 Å². The van der Waals surface area contributed by atoms with Crippen LogP contribution < -0.4 is 5.73 Å². The Morgan fingerprint density at radius 2 is 1.88 bits per heavy atom. The van der Waals surface area contributed by atoms with E-state index in [1.807, 2.05) is 18.2 Å². The Morgan fingerprint density at radius 1 is 1.24 bits per heavy atom. The lowest BCUT2D eigenvalue weighted by atomic mass is 10.2. The minimum absolute atomic E-state index is 0. The van der Waals surface area contributed by atoms with Gasteiger partial charge in [0.1, 0.15) is 0 Å². The van der Waals surface area contributed by atoms with E-state index >= 15 is 0 Å². The van der Waals surface area contributed by atoms with Crippen LogP contribution in [0, 0.1) is 0 Å². The van der Waals surface area contributed by atoms with E-state index < -0.39 is 0 Å². The van der Waals surface area contributed by atoms with Crippen molar-refractivity contribution in [3.05, 3.63) is 35.9 Å². The summed E-state index contributed by atoms with van der Waals surface area (Å²) in [6.45, 7) is 2.26. The lowest BCUT2D eigenvalue weighted by Crippen LogP contribution is -2.34. The van der Waals surface area contributed by atoms with Crippen molar-refractivity contribution < 1.29 is 5.11 Å². The van der Waals surface area contributed by atoms with E-state index in [4.69, 9.17) is 5.73 Å². The van der Waals surface area contributed by atoms with E-state index in [-0.39, 0.29) is 30.9 Å². The number of β-amino-alcohol motifs (C(OH)–C–C–N with tert-alkyl or cyclic N) is 1. The first-order valence-corrected chi connectivity index (χ1v) is 5.45. The van der Waals surface area contributed by atoms with E-state index in [0.717, 1.165) is 19.5 Å². The minimum Gasteiger partial charge on any atom is -0.392 e. The first kappa shape index (κ1) is 16.7. The van der Waals surface area contributed by atoms with Gasteiger partial charge >= 0.3 is 0 Å². The van der Waals surface area contributed by atoms with Crippen LogP contribution in [0.25, 0.3) is 0 Å². The monoisotopic (exact) mass is 278 g/mol. The van der Waals surface area contributed by atoms with Crippen LogP contribution in [-0.4, -0.2) is 35.2 Å². The lowest BCUT2D eigenvalue weighted by molar-refractivity contribution is 0.173. The summed E-state index contributed by atoms with van der Waals surface area (Å²) < 4.78 is 0. The Hall–Kier alpha value is -0.320. The fraction of sp³-hybridized carbons (Fsp3) is 0.500. The topological polar surface area (TPSA) is 49.5 Å². The van der Waals surface area contributed by atoms with Crippen LogP contribution in [0.3, 0.4) is 0 Å². The lowest BCUT2D eigenvalue weighted by Gasteiger charge is -2.22. The molecule has 3 N–H and O–H groups in total. The van der Waals surface area contributed by atoms with Crippen LogP contribution in [-0.2, 0) is 6.54 Å². The van der Waals surface area contributed by atoms with Crippen molar-refractivity contribution in [2.75, 3.05) is 13.1 Å². The van der Waals surface area contributed by atoms with E-state index in [1.165, 1.54) is 5.56 Å². The number of hydrogen-bond donors (Lipinski definition) is 2. The third-order valence-electron chi connectivity index (χ3n) is 3.01. The number of rotatable bonds is 3. The molecule has 17 heavy (non-hydrogen) atoms. The molecule has 0 radical (unpaired) electrons. The summed E-state index contributed by atoms with van der Waals surface area (Å²) >= 11 is 0. The normalized spacial score (nSPS) is 23.9. The maximum absolute atomic E-state index is 9.58. The third kappa shape index (κ3) is 4.45. The highest BCUT2D eigenvalue weighted by Crippen LogP contribution is 2.19. The van der Waals surface area contributed by atoms with Gasteiger partial charge < -0.3 is 10.8 Å². The summed E-state index contributed by atoms with van der Waals surface area (Å²) in [6, 6.07) is 10.7. The molecule has 1 saturated heterocycles. The largest absolute Gasteiger partial charge is 0.392 e. The van der Waals surface area contributed by atoms with Crippen molar-refractivity contribution in [2.24, 2.45) is 5.73 Å². The highest BCUT2D eigenvalue weighted by Gasteiger charge is 2.29. The van der Waals surface area contributed by atoms with Gasteiger partial charge in [0.15, 0.2) is 0 Å². The second-order valence-electron chi connectivity index (χ2n) is 4.19. The van der Waals surface area contributed by atoms with Crippen molar-refractivity contribution in [1.29, 1.82) is 0 Å². The zero-order valence-corrected chi connectivity index (χ0v) is 11.3. The fourth-order valence-electron chi connectivity index (χ4n) is 2.21. The molecule has 0 unspecified atom stereocenters. The molecule has 0 bridgehead atoms.